The molecule has 0 heterocycles. The van der Waals surface area contributed by atoms with Crippen LogP contribution in [0.1, 0.15) is 24.5 Å². The monoisotopic (exact) mass is 472 g/mol. The molecular formula is C24H25ClN2O4S. The highest BCUT2D eigenvalue weighted by atomic mass is 35.5. The van der Waals surface area contributed by atoms with E-state index in [1.54, 1.807) is 24.3 Å². The number of benzene rings is 3. The predicted octanol–water partition coefficient (Wildman–Crippen LogP) is 5.55. The molecule has 0 radical (unpaired) electrons. The van der Waals surface area contributed by atoms with Gasteiger partial charge in [0.15, 0.2) is 6.10 Å². The van der Waals surface area contributed by atoms with Crippen LogP contribution in [0.15, 0.2) is 71.6 Å². The van der Waals surface area contributed by atoms with Gasteiger partial charge in [-0.2, -0.15) is 0 Å². The SMILES string of the molecule is CC[C@H](Oc1cccc(C)c1)C(=O)Nc1ccc(S(=O)(=O)Nc2ccc(C)c(Cl)c2)cc1. The highest BCUT2D eigenvalue weighted by Gasteiger charge is 2.20. The van der Waals surface area contributed by atoms with Gasteiger partial charge in [-0.1, -0.05) is 36.7 Å². The van der Waals surface area contributed by atoms with E-state index >= 15 is 0 Å². The van der Waals surface area contributed by atoms with E-state index in [0.29, 0.717) is 28.6 Å². The highest BCUT2D eigenvalue weighted by Crippen LogP contribution is 2.23. The minimum Gasteiger partial charge on any atom is -0.481 e. The van der Waals surface area contributed by atoms with E-state index in [1.165, 1.54) is 24.3 Å². The van der Waals surface area contributed by atoms with Gasteiger partial charge < -0.3 is 10.1 Å². The highest BCUT2D eigenvalue weighted by molar-refractivity contribution is 7.92. The summed E-state index contributed by atoms with van der Waals surface area (Å²) >= 11 is 6.07. The number of aryl methyl sites for hydroxylation is 2. The normalized spacial score (nSPS) is 12.1. The number of rotatable bonds is 8. The molecule has 0 aliphatic rings. The van der Waals surface area contributed by atoms with E-state index < -0.39 is 16.1 Å². The largest absolute Gasteiger partial charge is 0.481 e. The van der Waals surface area contributed by atoms with Crippen molar-refractivity contribution in [3.05, 3.63) is 82.9 Å². The van der Waals surface area contributed by atoms with Gasteiger partial charge in [0.05, 0.1) is 10.6 Å². The summed E-state index contributed by atoms with van der Waals surface area (Å²) in [6, 6.07) is 18.4. The number of hydrogen-bond donors (Lipinski definition) is 2. The molecule has 168 valence electrons. The molecular weight excluding hydrogens is 448 g/mol. The number of ether oxygens (including phenoxy) is 1. The van der Waals surface area contributed by atoms with Gasteiger partial charge in [0.2, 0.25) is 0 Å². The van der Waals surface area contributed by atoms with Crippen molar-refractivity contribution in [3.63, 3.8) is 0 Å². The molecule has 1 amide bonds. The van der Waals surface area contributed by atoms with Crippen LogP contribution in [0.25, 0.3) is 0 Å². The zero-order valence-electron chi connectivity index (χ0n) is 18.1. The first-order valence-corrected chi connectivity index (χ1v) is 12.0. The lowest BCUT2D eigenvalue weighted by atomic mass is 10.2. The Morgan fingerprint density at radius 3 is 2.31 bits per heavy atom. The Morgan fingerprint density at radius 2 is 1.69 bits per heavy atom. The molecule has 1 atom stereocenters. The Labute approximate surface area is 193 Å². The Hall–Kier alpha value is -3.03. The summed E-state index contributed by atoms with van der Waals surface area (Å²) in [7, 11) is -3.80. The van der Waals surface area contributed by atoms with Crippen LogP contribution in [-0.4, -0.2) is 20.4 Å². The van der Waals surface area contributed by atoms with Crippen molar-refractivity contribution in [1.82, 2.24) is 0 Å². The summed E-state index contributed by atoms with van der Waals surface area (Å²) in [6.07, 6.45) is -0.192. The van der Waals surface area contributed by atoms with Crippen LogP contribution in [0, 0.1) is 13.8 Å². The van der Waals surface area contributed by atoms with Crippen molar-refractivity contribution < 1.29 is 17.9 Å². The average molecular weight is 473 g/mol. The van der Waals surface area contributed by atoms with E-state index in [1.807, 2.05) is 39.0 Å². The molecule has 3 rings (SSSR count). The predicted molar refractivity (Wildman–Crippen MR) is 128 cm³/mol. The van der Waals surface area contributed by atoms with E-state index in [2.05, 4.69) is 10.0 Å². The molecule has 0 fully saturated rings. The Balaban J connectivity index is 1.67. The summed E-state index contributed by atoms with van der Waals surface area (Å²) in [5, 5.41) is 3.25. The molecule has 0 spiro atoms. The summed E-state index contributed by atoms with van der Waals surface area (Å²) in [6.45, 7) is 5.65. The van der Waals surface area contributed by atoms with Crippen LogP contribution >= 0.6 is 11.6 Å². The number of sulfonamides is 1. The van der Waals surface area contributed by atoms with Gasteiger partial charge in [0.1, 0.15) is 5.75 Å². The lowest BCUT2D eigenvalue weighted by Gasteiger charge is -2.18. The third-order valence-corrected chi connectivity index (χ3v) is 6.59. The van der Waals surface area contributed by atoms with E-state index in [9.17, 15) is 13.2 Å². The number of carbonyl (C=O) groups is 1. The van der Waals surface area contributed by atoms with Gasteiger partial charge in [0.25, 0.3) is 15.9 Å². The van der Waals surface area contributed by atoms with E-state index in [0.717, 1.165) is 11.1 Å². The van der Waals surface area contributed by atoms with Crippen LogP contribution in [-0.2, 0) is 14.8 Å². The van der Waals surface area contributed by atoms with Crippen LogP contribution in [0.2, 0.25) is 5.02 Å². The summed E-state index contributed by atoms with van der Waals surface area (Å²) < 4.78 is 33.6. The molecule has 0 bridgehead atoms. The maximum atomic E-state index is 12.7. The Morgan fingerprint density at radius 1 is 1.00 bits per heavy atom. The first-order valence-electron chi connectivity index (χ1n) is 10.1. The standard InChI is InChI=1S/C24H25ClN2O4S/c1-4-23(31-20-7-5-6-16(2)14-20)24(28)26-18-10-12-21(13-11-18)32(29,30)27-19-9-8-17(3)22(25)15-19/h5-15,23,27H,4H2,1-3H3,(H,26,28)/t23-/m0/s1. The second kappa shape index (κ2) is 10.1. The van der Waals surface area contributed by atoms with Crippen molar-refractivity contribution in [2.24, 2.45) is 0 Å². The van der Waals surface area contributed by atoms with Gasteiger partial charge in [-0.15, -0.1) is 0 Å². The topological polar surface area (TPSA) is 84.5 Å². The number of anilines is 2. The second-order valence-electron chi connectivity index (χ2n) is 7.41. The molecule has 0 saturated carbocycles. The lowest BCUT2D eigenvalue weighted by Crippen LogP contribution is -2.32. The molecule has 32 heavy (non-hydrogen) atoms. The first-order chi connectivity index (χ1) is 15.2. The van der Waals surface area contributed by atoms with Crippen molar-refractivity contribution in [2.45, 2.75) is 38.2 Å². The molecule has 8 heteroatoms. The molecule has 0 unspecified atom stereocenters. The Kier molecular flexibility index (Phi) is 7.43. The van der Waals surface area contributed by atoms with Crippen molar-refractivity contribution in [3.8, 4) is 5.75 Å². The second-order valence-corrected chi connectivity index (χ2v) is 9.50. The maximum Gasteiger partial charge on any atom is 0.265 e. The number of halogens is 1. The van der Waals surface area contributed by atoms with Crippen molar-refractivity contribution >= 4 is 38.9 Å². The van der Waals surface area contributed by atoms with Crippen LogP contribution in [0.3, 0.4) is 0 Å². The third-order valence-electron chi connectivity index (χ3n) is 4.79. The van der Waals surface area contributed by atoms with Gasteiger partial charge in [-0.3, -0.25) is 9.52 Å². The van der Waals surface area contributed by atoms with E-state index in [4.69, 9.17) is 16.3 Å². The molecule has 3 aromatic rings. The van der Waals surface area contributed by atoms with Crippen LogP contribution < -0.4 is 14.8 Å². The minimum atomic E-state index is -3.80. The van der Waals surface area contributed by atoms with Crippen LogP contribution in [0.5, 0.6) is 5.75 Å². The lowest BCUT2D eigenvalue weighted by molar-refractivity contribution is -0.122. The third kappa shape index (κ3) is 6.02. The number of amides is 1. The minimum absolute atomic E-state index is 0.0650. The molecule has 0 aliphatic carbocycles. The summed E-state index contributed by atoms with van der Waals surface area (Å²) in [5.41, 5.74) is 2.73. The molecule has 2 N–H and O–H groups in total. The van der Waals surface area contributed by atoms with E-state index in [-0.39, 0.29) is 10.8 Å². The molecule has 0 aliphatic heterocycles. The Bertz CT molecular complexity index is 1210. The van der Waals surface area contributed by atoms with Crippen molar-refractivity contribution in [1.29, 1.82) is 0 Å². The average Bonchev–Trinajstić information content (AvgIpc) is 2.75. The zero-order chi connectivity index (χ0) is 23.3. The van der Waals surface area contributed by atoms with Crippen molar-refractivity contribution in [2.75, 3.05) is 10.0 Å². The van der Waals surface area contributed by atoms with Gasteiger partial charge >= 0.3 is 0 Å². The quantitative estimate of drug-likeness (QED) is 0.450. The maximum absolute atomic E-state index is 12.7. The fourth-order valence-electron chi connectivity index (χ4n) is 2.99. The van der Waals surface area contributed by atoms with Gasteiger partial charge in [-0.05, 0) is 79.9 Å². The number of carbonyl (C=O) groups excluding carboxylic acids is 1. The number of hydrogen-bond acceptors (Lipinski definition) is 4. The van der Waals surface area contributed by atoms with Gasteiger partial charge in [0, 0.05) is 10.7 Å². The van der Waals surface area contributed by atoms with Crippen LogP contribution in [0.4, 0.5) is 11.4 Å². The van der Waals surface area contributed by atoms with Gasteiger partial charge in [-0.25, -0.2) is 8.42 Å². The summed E-state index contributed by atoms with van der Waals surface area (Å²) in [4.78, 5) is 12.7. The zero-order valence-corrected chi connectivity index (χ0v) is 19.6. The molecule has 3 aromatic carbocycles. The molecule has 6 nitrogen and oxygen atoms in total. The smallest absolute Gasteiger partial charge is 0.265 e. The fraction of sp³-hybridized carbons (Fsp3) is 0.208. The first kappa shape index (κ1) is 23.6. The number of nitrogens with one attached hydrogen (secondary N) is 2. The fourth-order valence-corrected chi connectivity index (χ4v) is 4.22. The molecule has 0 saturated heterocycles. The summed E-state index contributed by atoms with van der Waals surface area (Å²) in [5.74, 6) is 0.313. The molecule has 0 aromatic heterocycles.